The van der Waals surface area contributed by atoms with E-state index in [9.17, 15) is 57.0 Å². The number of hydrogen-bond donors (Lipinski definition) is 7. The van der Waals surface area contributed by atoms with Crippen molar-refractivity contribution in [2.75, 3.05) is 10.6 Å². The largest absolute Gasteiger partial charge is 0.479 e. The molecule has 0 spiro atoms. The summed E-state index contributed by atoms with van der Waals surface area (Å²) in [5, 5.41) is 31.3. The second-order valence-electron chi connectivity index (χ2n) is 11.1. The van der Waals surface area contributed by atoms with E-state index in [1.54, 1.807) is 26.0 Å². The lowest BCUT2D eigenvalue weighted by Crippen LogP contribution is -2.03. The monoisotopic (exact) mass is 835 g/mol. The van der Waals surface area contributed by atoms with Gasteiger partial charge in [-0.15, -0.1) is 10.2 Å². The van der Waals surface area contributed by atoms with Crippen LogP contribution in [-0.2, 0) is 40.5 Å². The standard InChI is InChI=1S/C29H25N9O13S4/c1-15-11-17(3-7-21(15)35-37-23-13-19(52(40,41)42)5-9-25(23)54(46,47)48)30-27-32-28(34-29(39)33-27)31-18-4-8-22(16(2)12-18)36-38-24-14-20(53(43,44)45)6-10-26(24)55(49,50)51/h3-14H,1-2H3,(H,40,41,42)(H,43,44,45)(H,46,47,48)(H,49,50,51)(H3,30,31,32,33,34,39)/b37-35+,38-36+. The fourth-order valence-electron chi connectivity index (χ4n) is 4.55. The van der Waals surface area contributed by atoms with E-state index in [1.165, 1.54) is 24.3 Å². The first-order valence-electron chi connectivity index (χ1n) is 14.7. The fraction of sp³-hybridized carbons (Fsp3) is 0.0690. The molecule has 1 heterocycles. The smallest absolute Gasteiger partial charge is 0.320 e. The number of hydrogen-bond acceptors (Lipinski definition) is 18. The molecular formula is C29H25N9O13S4. The molecule has 0 saturated carbocycles. The Morgan fingerprint density at radius 2 is 0.836 bits per heavy atom. The maximum atomic E-state index is 11.8. The van der Waals surface area contributed by atoms with Crippen LogP contribution in [0.1, 0.15) is 11.1 Å². The maximum Gasteiger partial charge on any atom is 0.320 e. The third kappa shape index (κ3) is 10.2. The summed E-state index contributed by atoms with van der Waals surface area (Å²) in [5.41, 5.74) is 0.924. The van der Waals surface area contributed by atoms with Gasteiger partial charge >= 0.3 is 6.01 Å². The molecule has 0 aliphatic carbocycles. The molecule has 5 aromatic rings. The van der Waals surface area contributed by atoms with Gasteiger partial charge in [0, 0.05) is 11.4 Å². The first kappa shape index (κ1) is 40.3. The van der Waals surface area contributed by atoms with Crippen molar-refractivity contribution >= 4 is 86.5 Å². The lowest BCUT2D eigenvalue weighted by molar-refractivity contribution is 0.430. The van der Waals surface area contributed by atoms with Crippen LogP contribution in [0.15, 0.2) is 113 Å². The second-order valence-corrected chi connectivity index (χ2v) is 16.7. The Morgan fingerprint density at radius 1 is 0.473 bits per heavy atom. The number of anilines is 4. The first-order chi connectivity index (χ1) is 25.5. The quantitative estimate of drug-likeness (QED) is 0.0602. The molecule has 26 heteroatoms. The Morgan fingerprint density at radius 3 is 1.16 bits per heavy atom. The lowest BCUT2D eigenvalue weighted by atomic mass is 10.2. The minimum Gasteiger partial charge on any atom is -0.479 e. The van der Waals surface area contributed by atoms with Gasteiger partial charge in [-0.25, -0.2) is 0 Å². The van der Waals surface area contributed by atoms with Gasteiger partial charge in [-0.05, 0) is 97.8 Å². The number of benzene rings is 4. The number of rotatable bonds is 12. The molecule has 0 aliphatic heterocycles. The predicted molar refractivity (Wildman–Crippen MR) is 191 cm³/mol. The van der Waals surface area contributed by atoms with Crippen molar-refractivity contribution in [3.8, 4) is 6.01 Å². The van der Waals surface area contributed by atoms with Crippen molar-refractivity contribution in [1.29, 1.82) is 0 Å². The number of nitrogens with zero attached hydrogens (tertiary/aromatic N) is 7. The SMILES string of the molecule is Cc1cc(Nc2nc(O)nc(Nc3ccc(/N=N/c4cc(S(=O)(=O)O)ccc4S(=O)(=O)O)c(C)c3)n2)ccc1/N=N/c1cc(S(=O)(=O)O)ccc1S(=O)(=O)O. The third-order valence-corrected chi connectivity index (χ3v) is 10.6. The van der Waals surface area contributed by atoms with Crippen LogP contribution < -0.4 is 10.6 Å². The molecule has 0 amide bonds. The summed E-state index contributed by atoms with van der Waals surface area (Å²) in [6.07, 6.45) is 0. The van der Waals surface area contributed by atoms with Crippen LogP contribution in [0.25, 0.3) is 0 Å². The molecular weight excluding hydrogens is 811 g/mol. The van der Waals surface area contributed by atoms with Gasteiger partial charge in [0.1, 0.15) is 21.2 Å². The molecule has 0 fully saturated rings. The molecule has 0 radical (unpaired) electrons. The second kappa shape index (κ2) is 15.1. The molecule has 4 aromatic carbocycles. The first-order valence-corrected chi connectivity index (χ1v) is 20.5. The van der Waals surface area contributed by atoms with Crippen molar-refractivity contribution in [3.05, 3.63) is 83.9 Å². The van der Waals surface area contributed by atoms with Crippen molar-refractivity contribution in [1.82, 2.24) is 15.0 Å². The van der Waals surface area contributed by atoms with Crippen LogP contribution in [-0.4, -0.2) is 71.9 Å². The highest BCUT2D eigenvalue weighted by atomic mass is 32.2. The van der Waals surface area contributed by atoms with Gasteiger partial charge < -0.3 is 15.7 Å². The van der Waals surface area contributed by atoms with Gasteiger partial charge in [0.15, 0.2) is 0 Å². The maximum absolute atomic E-state index is 11.8. The predicted octanol–water partition coefficient (Wildman–Crippen LogP) is 5.50. The van der Waals surface area contributed by atoms with Gasteiger partial charge in [-0.1, -0.05) is 0 Å². The van der Waals surface area contributed by atoms with Gasteiger partial charge in [-0.3, -0.25) is 18.2 Å². The molecule has 5 rings (SSSR count). The number of nitrogens with one attached hydrogen (secondary N) is 2. The van der Waals surface area contributed by atoms with E-state index >= 15 is 0 Å². The molecule has 22 nitrogen and oxygen atoms in total. The molecule has 0 unspecified atom stereocenters. The Balaban J connectivity index is 1.34. The summed E-state index contributed by atoms with van der Waals surface area (Å²) < 4.78 is 131. The van der Waals surface area contributed by atoms with Crippen LogP contribution in [0.3, 0.4) is 0 Å². The Bertz CT molecular complexity index is 2680. The Kier molecular flexibility index (Phi) is 11.1. The minimum atomic E-state index is -4.84. The molecule has 1 aromatic heterocycles. The lowest BCUT2D eigenvalue weighted by Gasteiger charge is -2.10. The van der Waals surface area contributed by atoms with Crippen LogP contribution in [0.2, 0.25) is 0 Å². The molecule has 7 N–H and O–H groups in total. The number of aryl methyl sites for hydroxylation is 2. The van der Waals surface area contributed by atoms with Gasteiger partial charge in [0.25, 0.3) is 40.5 Å². The molecule has 0 saturated heterocycles. The highest BCUT2D eigenvalue weighted by Crippen LogP contribution is 2.33. The van der Waals surface area contributed by atoms with E-state index in [1.807, 2.05) is 0 Å². The average Bonchev–Trinajstić information content (AvgIpc) is 3.05. The summed E-state index contributed by atoms with van der Waals surface area (Å²) >= 11 is 0. The van der Waals surface area contributed by atoms with Gasteiger partial charge in [0.05, 0.1) is 21.2 Å². The summed E-state index contributed by atoms with van der Waals surface area (Å²) in [4.78, 5) is 9.01. The fourth-order valence-corrected chi connectivity index (χ4v) is 6.76. The molecule has 0 bridgehead atoms. The molecule has 288 valence electrons. The number of aromatic hydroxyl groups is 1. The van der Waals surface area contributed by atoms with Crippen LogP contribution >= 0.6 is 0 Å². The van der Waals surface area contributed by atoms with Crippen molar-refractivity contribution in [3.63, 3.8) is 0 Å². The van der Waals surface area contributed by atoms with Gasteiger partial charge in [0.2, 0.25) is 11.9 Å². The van der Waals surface area contributed by atoms with E-state index in [-0.39, 0.29) is 23.3 Å². The van der Waals surface area contributed by atoms with Crippen molar-refractivity contribution in [2.45, 2.75) is 33.4 Å². The van der Waals surface area contributed by atoms with E-state index in [0.717, 1.165) is 36.4 Å². The zero-order chi connectivity index (χ0) is 40.5. The van der Waals surface area contributed by atoms with Crippen LogP contribution in [0.4, 0.5) is 46.0 Å². The van der Waals surface area contributed by atoms with E-state index in [2.05, 4.69) is 46.0 Å². The third-order valence-electron chi connectivity index (χ3n) is 7.07. The van der Waals surface area contributed by atoms with E-state index in [0.29, 0.717) is 22.5 Å². The molecule has 0 atom stereocenters. The Labute approximate surface area is 311 Å². The van der Waals surface area contributed by atoms with Gasteiger partial charge in [-0.2, -0.15) is 58.9 Å². The van der Waals surface area contributed by atoms with Crippen LogP contribution in [0, 0.1) is 13.8 Å². The Hall–Kier alpha value is -5.87. The van der Waals surface area contributed by atoms with Crippen molar-refractivity contribution < 1.29 is 57.0 Å². The number of azo groups is 2. The summed E-state index contributed by atoms with van der Waals surface area (Å²) in [6.45, 7) is 3.21. The highest BCUT2D eigenvalue weighted by molar-refractivity contribution is 7.87. The number of aromatic nitrogens is 3. The zero-order valence-electron chi connectivity index (χ0n) is 27.7. The van der Waals surface area contributed by atoms with Crippen LogP contribution in [0.5, 0.6) is 6.01 Å². The average molecular weight is 836 g/mol. The van der Waals surface area contributed by atoms with E-state index in [4.69, 9.17) is 0 Å². The summed E-state index contributed by atoms with van der Waals surface area (Å²) in [6, 6.07) is 12.8. The zero-order valence-corrected chi connectivity index (χ0v) is 31.0. The topological polar surface area (TPSA) is 350 Å². The molecule has 0 aliphatic rings. The minimum absolute atomic E-state index is 0.118. The normalized spacial score (nSPS) is 12.7. The molecule has 55 heavy (non-hydrogen) atoms. The van der Waals surface area contributed by atoms with E-state index < -0.39 is 77.4 Å². The highest BCUT2D eigenvalue weighted by Gasteiger charge is 2.21. The summed E-state index contributed by atoms with van der Waals surface area (Å²) in [5.74, 6) is -0.236. The van der Waals surface area contributed by atoms with Crippen molar-refractivity contribution in [2.24, 2.45) is 20.5 Å². The summed E-state index contributed by atoms with van der Waals surface area (Å²) in [7, 11) is -19.2.